The number of nitrogens with one attached hydrogen (secondary N) is 1. The molecule has 1 N–H and O–H groups in total. The third-order valence-electron chi connectivity index (χ3n) is 3.05. The predicted molar refractivity (Wildman–Crippen MR) is 83.2 cm³/mol. The molecule has 0 fully saturated rings. The Morgan fingerprint density at radius 3 is 2.52 bits per heavy atom. The van der Waals surface area contributed by atoms with Gasteiger partial charge in [-0.05, 0) is 30.7 Å². The van der Waals surface area contributed by atoms with E-state index in [0.717, 1.165) is 43.4 Å². The summed E-state index contributed by atoms with van der Waals surface area (Å²) in [5.41, 5.74) is 0. The normalized spacial score (nSPS) is 11.6. The van der Waals surface area contributed by atoms with Crippen molar-refractivity contribution < 1.29 is 8.83 Å². The quantitative estimate of drug-likeness (QED) is 0.629. The summed E-state index contributed by atoms with van der Waals surface area (Å²) in [5, 5.41) is 3.38. The van der Waals surface area contributed by atoms with Gasteiger partial charge in [-0.15, -0.1) is 0 Å². The highest BCUT2D eigenvalue weighted by Gasteiger charge is 2.08. The lowest BCUT2D eigenvalue weighted by atomic mass is 10.3. The summed E-state index contributed by atoms with van der Waals surface area (Å²) in [5.74, 6) is 2.79. The van der Waals surface area contributed by atoms with E-state index in [0.29, 0.717) is 6.54 Å². The molecule has 2 heterocycles. The molecule has 0 saturated carbocycles. The molecule has 5 nitrogen and oxygen atoms in total. The summed E-state index contributed by atoms with van der Waals surface area (Å²) in [7, 11) is 2.01. The highest BCUT2D eigenvalue weighted by molar-refractivity contribution is 5.79. The van der Waals surface area contributed by atoms with Gasteiger partial charge in [0.2, 0.25) is 0 Å². The molecule has 0 aliphatic carbocycles. The Labute approximate surface area is 125 Å². The average Bonchev–Trinajstić information content (AvgIpc) is 3.15. The number of hydrogen-bond acceptors (Lipinski definition) is 3. The molecule has 0 aromatic carbocycles. The first-order chi connectivity index (χ1) is 10.3. The van der Waals surface area contributed by atoms with Crippen LogP contribution in [0.25, 0.3) is 0 Å². The van der Waals surface area contributed by atoms with Gasteiger partial charge in [-0.25, -0.2) is 0 Å². The maximum atomic E-state index is 5.38. The van der Waals surface area contributed by atoms with Gasteiger partial charge in [-0.2, -0.15) is 0 Å². The van der Waals surface area contributed by atoms with Crippen molar-refractivity contribution in [3.63, 3.8) is 0 Å². The lowest BCUT2D eigenvalue weighted by molar-refractivity contribution is 0.398. The van der Waals surface area contributed by atoms with Crippen molar-refractivity contribution in [2.45, 2.75) is 26.3 Å². The zero-order valence-electron chi connectivity index (χ0n) is 12.7. The van der Waals surface area contributed by atoms with Crippen LogP contribution in [0.1, 0.15) is 24.9 Å². The van der Waals surface area contributed by atoms with Crippen molar-refractivity contribution in [1.29, 1.82) is 0 Å². The second kappa shape index (κ2) is 8.19. The summed E-state index contributed by atoms with van der Waals surface area (Å²) in [4.78, 5) is 6.67. The molecule has 0 amide bonds. The third kappa shape index (κ3) is 5.02. The second-order valence-electron chi connectivity index (χ2n) is 4.90. The lowest BCUT2D eigenvalue weighted by Gasteiger charge is -2.21. The van der Waals surface area contributed by atoms with E-state index in [1.54, 1.807) is 12.5 Å². The number of rotatable bonds is 7. The lowest BCUT2D eigenvalue weighted by Crippen LogP contribution is -2.39. The van der Waals surface area contributed by atoms with Crippen molar-refractivity contribution in [1.82, 2.24) is 10.2 Å². The summed E-state index contributed by atoms with van der Waals surface area (Å²) in [6.07, 6.45) is 5.26. The van der Waals surface area contributed by atoms with Gasteiger partial charge in [-0.1, -0.05) is 6.92 Å². The summed E-state index contributed by atoms with van der Waals surface area (Å²) in [6, 6.07) is 7.76. The molecule has 0 atom stereocenters. The molecule has 5 heteroatoms. The Morgan fingerprint density at radius 2 is 1.90 bits per heavy atom. The van der Waals surface area contributed by atoms with Crippen LogP contribution in [-0.2, 0) is 13.0 Å². The van der Waals surface area contributed by atoms with Crippen LogP contribution in [0, 0.1) is 0 Å². The largest absolute Gasteiger partial charge is 0.469 e. The van der Waals surface area contributed by atoms with Crippen molar-refractivity contribution >= 4 is 5.96 Å². The molecule has 21 heavy (non-hydrogen) atoms. The van der Waals surface area contributed by atoms with E-state index in [-0.39, 0.29) is 0 Å². The zero-order valence-corrected chi connectivity index (χ0v) is 12.7. The van der Waals surface area contributed by atoms with Crippen LogP contribution < -0.4 is 5.32 Å². The monoisotopic (exact) mass is 289 g/mol. The minimum absolute atomic E-state index is 0.698. The minimum Gasteiger partial charge on any atom is -0.469 e. The molecule has 2 aromatic rings. The summed E-state index contributed by atoms with van der Waals surface area (Å²) >= 11 is 0. The van der Waals surface area contributed by atoms with Gasteiger partial charge in [0.15, 0.2) is 5.96 Å². The van der Waals surface area contributed by atoms with E-state index in [1.807, 2.05) is 31.3 Å². The first-order valence-electron chi connectivity index (χ1n) is 7.33. The summed E-state index contributed by atoms with van der Waals surface area (Å²) in [6.45, 7) is 4.42. The third-order valence-corrected chi connectivity index (χ3v) is 3.05. The van der Waals surface area contributed by atoms with Crippen LogP contribution in [0.2, 0.25) is 0 Å². The predicted octanol–water partition coefficient (Wildman–Crippen LogP) is 2.90. The second-order valence-corrected chi connectivity index (χ2v) is 4.90. The van der Waals surface area contributed by atoms with Crippen molar-refractivity contribution in [2.75, 3.05) is 20.1 Å². The van der Waals surface area contributed by atoms with E-state index in [2.05, 4.69) is 22.1 Å². The first-order valence-corrected chi connectivity index (χ1v) is 7.33. The van der Waals surface area contributed by atoms with Gasteiger partial charge in [0.25, 0.3) is 0 Å². The molecule has 0 aliphatic heterocycles. The molecule has 0 unspecified atom stereocenters. The van der Waals surface area contributed by atoms with E-state index in [1.165, 1.54) is 0 Å². The highest BCUT2D eigenvalue weighted by Crippen LogP contribution is 2.04. The zero-order chi connectivity index (χ0) is 14.9. The fourth-order valence-corrected chi connectivity index (χ4v) is 1.99. The number of furan rings is 2. The van der Waals surface area contributed by atoms with Gasteiger partial charge in [-0.3, -0.25) is 4.99 Å². The Hall–Kier alpha value is -2.17. The number of hydrogen-bond donors (Lipinski definition) is 1. The van der Waals surface area contributed by atoms with E-state index in [4.69, 9.17) is 8.83 Å². The summed E-state index contributed by atoms with van der Waals surface area (Å²) < 4.78 is 10.7. The average molecular weight is 289 g/mol. The van der Waals surface area contributed by atoms with Crippen LogP contribution in [0.4, 0.5) is 0 Å². The SMILES string of the molecule is CCCN=C(NCCc1ccco1)N(C)Cc1ccco1. The Balaban J connectivity index is 1.87. The topological polar surface area (TPSA) is 53.9 Å². The van der Waals surface area contributed by atoms with Gasteiger partial charge in [0.1, 0.15) is 11.5 Å². The van der Waals surface area contributed by atoms with Crippen LogP contribution >= 0.6 is 0 Å². The van der Waals surface area contributed by atoms with Crippen LogP contribution in [0.5, 0.6) is 0 Å². The number of nitrogens with zero attached hydrogens (tertiary/aromatic N) is 2. The van der Waals surface area contributed by atoms with Crippen molar-refractivity contribution in [2.24, 2.45) is 4.99 Å². The smallest absolute Gasteiger partial charge is 0.194 e. The van der Waals surface area contributed by atoms with E-state index < -0.39 is 0 Å². The Kier molecular flexibility index (Phi) is 5.94. The van der Waals surface area contributed by atoms with Crippen LogP contribution in [0.3, 0.4) is 0 Å². The number of aliphatic imine (C=N–C) groups is 1. The van der Waals surface area contributed by atoms with E-state index >= 15 is 0 Å². The molecular formula is C16H23N3O2. The molecule has 2 rings (SSSR count). The molecular weight excluding hydrogens is 266 g/mol. The Bertz CT molecular complexity index is 518. The first kappa shape index (κ1) is 15.2. The standard InChI is InChI=1S/C16H23N3O2/c1-3-9-17-16(18-10-8-14-6-4-11-20-14)19(2)13-15-7-5-12-21-15/h4-7,11-12H,3,8-10,13H2,1-2H3,(H,17,18). The van der Waals surface area contributed by atoms with Crippen LogP contribution in [0.15, 0.2) is 50.6 Å². The van der Waals surface area contributed by atoms with Crippen LogP contribution in [-0.4, -0.2) is 31.0 Å². The fraction of sp³-hybridized carbons (Fsp3) is 0.438. The van der Waals surface area contributed by atoms with Crippen molar-refractivity contribution in [3.05, 3.63) is 48.3 Å². The maximum absolute atomic E-state index is 5.38. The molecule has 0 spiro atoms. The maximum Gasteiger partial charge on any atom is 0.194 e. The van der Waals surface area contributed by atoms with Gasteiger partial charge >= 0.3 is 0 Å². The van der Waals surface area contributed by atoms with Gasteiger partial charge in [0, 0.05) is 26.6 Å². The molecule has 0 saturated heterocycles. The number of guanidine groups is 1. The minimum atomic E-state index is 0.698. The Morgan fingerprint density at radius 1 is 1.19 bits per heavy atom. The van der Waals surface area contributed by atoms with Crippen molar-refractivity contribution in [3.8, 4) is 0 Å². The molecule has 0 bridgehead atoms. The molecule has 2 aromatic heterocycles. The highest BCUT2D eigenvalue weighted by atomic mass is 16.3. The fourth-order valence-electron chi connectivity index (χ4n) is 1.99. The molecule has 114 valence electrons. The van der Waals surface area contributed by atoms with E-state index in [9.17, 15) is 0 Å². The molecule has 0 radical (unpaired) electrons. The van der Waals surface area contributed by atoms with Gasteiger partial charge in [0.05, 0.1) is 19.1 Å². The molecule has 0 aliphatic rings. The van der Waals surface area contributed by atoms with Gasteiger partial charge < -0.3 is 19.1 Å².